The van der Waals surface area contributed by atoms with E-state index < -0.39 is 0 Å². The quantitative estimate of drug-likeness (QED) is 0.700. The molecule has 0 aromatic rings. The molecule has 1 aliphatic heterocycles. The van der Waals surface area contributed by atoms with Crippen molar-refractivity contribution in [3.8, 4) is 0 Å². The second kappa shape index (κ2) is 3.40. The van der Waals surface area contributed by atoms with Crippen LogP contribution < -0.4 is 0 Å². The predicted molar refractivity (Wildman–Crippen MR) is 49.2 cm³/mol. The minimum Gasteiger partial charge on any atom is -0.503 e. The molecule has 3 nitrogen and oxygen atoms in total. The van der Waals surface area contributed by atoms with Crippen LogP contribution in [0.4, 0.5) is 0 Å². The molecule has 2 aliphatic rings. The summed E-state index contributed by atoms with van der Waals surface area (Å²) in [6.45, 7) is 1.43. The number of rotatable bonds is 2. The van der Waals surface area contributed by atoms with Crippen molar-refractivity contribution >= 4 is 5.91 Å². The van der Waals surface area contributed by atoms with E-state index in [1.807, 2.05) is 0 Å². The summed E-state index contributed by atoms with van der Waals surface area (Å²) in [5.41, 5.74) is 0. The van der Waals surface area contributed by atoms with E-state index in [1.165, 1.54) is 25.7 Å². The monoisotopic (exact) mass is 181 g/mol. The average Bonchev–Trinajstić information content (AvgIpc) is 2.71. The molecular weight excluding hydrogens is 166 g/mol. The highest BCUT2D eigenvalue weighted by molar-refractivity contribution is 5.93. The molecule has 1 heterocycles. The molecule has 1 amide bonds. The van der Waals surface area contributed by atoms with Crippen LogP contribution in [-0.2, 0) is 4.79 Å². The summed E-state index contributed by atoms with van der Waals surface area (Å²) in [5, 5.41) is 9.11. The lowest BCUT2D eigenvalue weighted by Crippen LogP contribution is -2.31. The van der Waals surface area contributed by atoms with E-state index in [4.69, 9.17) is 5.11 Å². The van der Waals surface area contributed by atoms with Crippen molar-refractivity contribution in [2.24, 2.45) is 5.92 Å². The lowest BCUT2D eigenvalue weighted by Gasteiger charge is -2.19. The van der Waals surface area contributed by atoms with Crippen LogP contribution in [0.3, 0.4) is 0 Å². The molecule has 0 unspecified atom stereocenters. The van der Waals surface area contributed by atoms with Gasteiger partial charge in [0, 0.05) is 13.1 Å². The van der Waals surface area contributed by atoms with Crippen molar-refractivity contribution in [3.63, 3.8) is 0 Å². The van der Waals surface area contributed by atoms with Crippen LogP contribution >= 0.6 is 0 Å². The van der Waals surface area contributed by atoms with E-state index in [-0.39, 0.29) is 11.7 Å². The third kappa shape index (κ3) is 1.69. The van der Waals surface area contributed by atoms with Crippen LogP contribution in [-0.4, -0.2) is 29.0 Å². The van der Waals surface area contributed by atoms with Gasteiger partial charge in [-0.2, -0.15) is 0 Å². The Labute approximate surface area is 78.0 Å². The Hall–Kier alpha value is -0.990. The molecule has 0 aromatic heterocycles. The summed E-state index contributed by atoms with van der Waals surface area (Å²) >= 11 is 0. The summed E-state index contributed by atoms with van der Waals surface area (Å²) in [6.07, 6.45) is 6.67. The fourth-order valence-electron chi connectivity index (χ4n) is 2.19. The molecule has 0 spiro atoms. The average molecular weight is 181 g/mol. The largest absolute Gasteiger partial charge is 0.503 e. The van der Waals surface area contributed by atoms with Crippen LogP contribution in [0, 0.1) is 5.92 Å². The van der Waals surface area contributed by atoms with E-state index in [0.717, 1.165) is 6.54 Å². The Kier molecular flexibility index (Phi) is 2.25. The standard InChI is InChI=1S/C10H15NO2/c12-9-5-6-11(10(9)13)7-8-3-1-2-4-8/h5,8,12H,1-4,6-7H2. The second-order valence-corrected chi connectivity index (χ2v) is 3.95. The van der Waals surface area contributed by atoms with Gasteiger partial charge in [-0.25, -0.2) is 0 Å². The zero-order chi connectivity index (χ0) is 9.26. The van der Waals surface area contributed by atoms with Crippen LogP contribution in [0.1, 0.15) is 25.7 Å². The fourth-order valence-corrected chi connectivity index (χ4v) is 2.19. The van der Waals surface area contributed by atoms with Gasteiger partial charge in [-0.1, -0.05) is 12.8 Å². The summed E-state index contributed by atoms with van der Waals surface area (Å²) in [7, 11) is 0. The van der Waals surface area contributed by atoms with Crippen molar-refractivity contribution in [1.29, 1.82) is 0 Å². The van der Waals surface area contributed by atoms with Crippen molar-refractivity contribution in [2.45, 2.75) is 25.7 Å². The summed E-state index contributed by atoms with van der Waals surface area (Å²) in [4.78, 5) is 13.0. The first-order valence-corrected chi connectivity index (χ1v) is 4.96. The van der Waals surface area contributed by atoms with Crippen LogP contribution in [0.2, 0.25) is 0 Å². The number of nitrogens with zero attached hydrogens (tertiary/aromatic N) is 1. The highest BCUT2D eigenvalue weighted by Gasteiger charge is 2.26. The maximum Gasteiger partial charge on any atom is 0.288 e. The van der Waals surface area contributed by atoms with Crippen molar-refractivity contribution in [1.82, 2.24) is 4.90 Å². The molecule has 0 saturated heterocycles. The third-order valence-corrected chi connectivity index (χ3v) is 2.96. The molecule has 1 saturated carbocycles. The molecule has 72 valence electrons. The first-order valence-electron chi connectivity index (χ1n) is 4.96. The molecule has 0 atom stereocenters. The van der Waals surface area contributed by atoms with Crippen molar-refractivity contribution < 1.29 is 9.90 Å². The lowest BCUT2D eigenvalue weighted by molar-refractivity contribution is -0.128. The number of aliphatic hydroxyl groups excluding tert-OH is 1. The Bertz CT molecular complexity index is 241. The molecule has 0 aromatic carbocycles. The Morgan fingerprint density at radius 1 is 1.46 bits per heavy atom. The van der Waals surface area contributed by atoms with E-state index in [1.54, 1.807) is 11.0 Å². The van der Waals surface area contributed by atoms with E-state index in [0.29, 0.717) is 12.5 Å². The second-order valence-electron chi connectivity index (χ2n) is 3.95. The molecule has 0 radical (unpaired) electrons. The van der Waals surface area contributed by atoms with Gasteiger partial charge in [0.25, 0.3) is 5.91 Å². The number of hydrogen-bond acceptors (Lipinski definition) is 2. The van der Waals surface area contributed by atoms with Gasteiger partial charge >= 0.3 is 0 Å². The maximum absolute atomic E-state index is 11.3. The number of carbonyl (C=O) groups excluding carboxylic acids is 1. The van der Waals surface area contributed by atoms with Gasteiger partial charge in [0.05, 0.1) is 0 Å². The van der Waals surface area contributed by atoms with Crippen molar-refractivity contribution in [2.75, 3.05) is 13.1 Å². The topological polar surface area (TPSA) is 40.5 Å². The number of amides is 1. The number of aliphatic hydroxyl groups is 1. The molecule has 0 bridgehead atoms. The van der Waals surface area contributed by atoms with Crippen LogP contribution in [0.25, 0.3) is 0 Å². The smallest absolute Gasteiger partial charge is 0.288 e. The molecule has 1 aliphatic carbocycles. The van der Waals surface area contributed by atoms with E-state index >= 15 is 0 Å². The Morgan fingerprint density at radius 3 is 2.69 bits per heavy atom. The van der Waals surface area contributed by atoms with Gasteiger partial charge in [-0.05, 0) is 24.8 Å². The zero-order valence-corrected chi connectivity index (χ0v) is 7.70. The van der Waals surface area contributed by atoms with E-state index in [2.05, 4.69) is 0 Å². The van der Waals surface area contributed by atoms with Crippen LogP contribution in [0.5, 0.6) is 0 Å². The van der Waals surface area contributed by atoms with Gasteiger partial charge in [0.15, 0.2) is 5.76 Å². The Morgan fingerprint density at radius 2 is 2.15 bits per heavy atom. The lowest BCUT2D eigenvalue weighted by atomic mass is 10.1. The first kappa shape index (κ1) is 8.60. The number of hydrogen-bond donors (Lipinski definition) is 1. The minimum absolute atomic E-state index is 0.0713. The van der Waals surface area contributed by atoms with Gasteiger partial charge in [-0.15, -0.1) is 0 Å². The zero-order valence-electron chi connectivity index (χ0n) is 7.70. The molecule has 3 heteroatoms. The van der Waals surface area contributed by atoms with Gasteiger partial charge in [0.1, 0.15) is 0 Å². The summed E-state index contributed by atoms with van der Waals surface area (Å²) in [5.74, 6) is 0.410. The van der Waals surface area contributed by atoms with Gasteiger partial charge in [0.2, 0.25) is 0 Å². The number of carbonyl (C=O) groups is 1. The highest BCUT2D eigenvalue weighted by Crippen LogP contribution is 2.26. The summed E-state index contributed by atoms with van der Waals surface area (Å²) in [6, 6.07) is 0. The van der Waals surface area contributed by atoms with Gasteiger partial charge in [-0.3, -0.25) is 4.79 Å². The molecule has 13 heavy (non-hydrogen) atoms. The SMILES string of the molecule is O=C1C(O)=CCN1CC1CCCC1. The highest BCUT2D eigenvalue weighted by atomic mass is 16.3. The Balaban J connectivity index is 1.86. The predicted octanol–water partition coefficient (Wildman–Crippen LogP) is 1.46. The molecule has 1 fully saturated rings. The molecule has 1 N–H and O–H groups in total. The van der Waals surface area contributed by atoms with Gasteiger partial charge < -0.3 is 10.0 Å². The third-order valence-electron chi connectivity index (χ3n) is 2.96. The molecule has 2 rings (SSSR count). The first-order chi connectivity index (χ1) is 6.27. The summed E-state index contributed by atoms with van der Waals surface area (Å²) < 4.78 is 0. The normalized spacial score (nSPS) is 24.2. The maximum atomic E-state index is 11.3. The minimum atomic E-state index is -0.188. The fraction of sp³-hybridized carbons (Fsp3) is 0.700. The van der Waals surface area contributed by atoms with Crippen LogP contribution in [0.15, 0.2) is 11.8 Å². The molecular formula is C10H15NO2. The van der Waals surface area contributed by atoms with E-state index in [9.17, 15) is 4.79 Å². The van der Waals surface area contributed by atoms with Crippen molar-refractivity contribution in [3.05, 3.63) is 11.8 Å².